The lowest BCUT2D eigenvalue weighted by Gasteiger charge is -2.35. The molecule has 1 aromatic carbocycles. The van der Waals surface area contributed by atoms with Crippen molar-refractivity contribution in [3.05, 3.63) is 36.0 Å². The van der Waals surface area contributed by atoms with E-state index in [1.54, 1.807) is 0 Å². The number of likely N-dealkylation sites (tertiary alicyclic amines) is 1. The highest BCUT2D eigenvalue weighted by Gasteiger charge is 2.41. The van der Waals surface area contributed by atoms with Crippen LogP contribution in [0.25, 0.3) is 10.9 Å². The molecule has 1 saturated heterocycles. The quantitative estimate of drug-likeness (QED) is 0.885. The van der Waals surface area contributed by atoms with Crippen LogP contribution in [0.3, 0.4) is 0 Å². The summed E-state index contributed by atoms with van der Waals surface area (Å²) in [4.78, 5) is 13.9. The molecule has 0 unspecified atom stereocenters. The van der Waals surface area contributed by atoms with Crippen LogP contribution in [0.2, 0.25) is 0 Å². The summed E-state index contributed by atoms with van der Waals surface area (Å²) in [6.07, 6.45) is 3.44. The van der Waals surface area contributed by atoms with Crippen molar-refractivity contribution in [2.75, 3.05) is 13.1 Å². The smallest absolute Gasteiger partial charge is 0.217 e. The average molecular weight is 355 g/mol. The van der Waals surface area contributed by atoms with Crippen LogP contribution in [-0.2, 0) is 17.9 Å². The average Bonchev–Trinajstić information content (AvgIpc) is 3.18. The Labute approximate surface area is 155 Å². The second kappa shape index (κ2) is 7.05. The predicted molar refractivity (Wildman–Crippen MR) is 103 cm³/mol. The van der Waals surface area contributed by atoms with E-state index in [2.05, 4.69) is 52.2 Å². The molecule has 4 rings (SSSR count). The van der Waals surface area contributed by atoms with E-state index in [9.17, 15) is 9.90 Å². The van der Waals surface area contributed by atoms with Gasteiger partial charge < -0.3 is 15.0 Å². The van der Waals surface area contributed by atoms with Gasteiger partial charge in [-0.25, -0.2) is 0 Å². The lowest BCUT2D eigenvalue weighted by atomic mass is 9.77. The summed E-state index contributed by atoms with van der Waals surface area (Å²) in [7, 11) is 0. The summed E-state index contributed by atoms with van der Waals surface area (Å²) >= 11 is 0. The molecule has 4 atom stereocenters. The number of carbonyl (C=O) groups is 1. The van der Waals surface area contributed by atoms with E-state index < -0.39 is 6.10 Å². The fraction of sp³-hybridized carbons (Fsp3) is 0.571. The third-order valence-corrected chi connectivity index (χ3v) is 6.24. The molecule has 2 aliphatic rings. The minimum atomic E-state index is -0.415. The first kappa shape index (κ1) is 17.6. The molecule has 1 aliphatic heterocycles. The Morgan fingerprint density at radius 3 is 2.73 bits per heavy atom. The van der Waals surface area contributed by atoms with Gasteiger partial charge in [0.15, 0.2) is 0 Å². The Kier molecular flexibility index (Phi) is 4.76. The highest BCUT2D eigenvalue weighted by molar-refractivity contribution is 5.83. The van der Waals surface area contributed by atoms with Crippen molar-refractivity contribution in [1.29, 1.82) is 0 Å². The summed E-state index contributed by atoms with van der Waals surface area (Å²) in [6, 6.07) is 8.73. The van der Waals surface area contributed by atoms with Gasteiger partial charge in [0.1, 0.15) is 0 Å². The highest BCUT2D eigenvalue weighted by atomic mass is 16.3. The lowest BCUT2D eigenvalue weighted by Crippen LogP contribution is -2.48. The van der Waals surface area contributed by atoms with Crippen LogP contribution in [0, 0.1) is 11.8 Å². The molecule has 0 radical (unpaired) electrons. The molecular formula is C21H29N3O2. The second-order valence-electron chi connectivity index (χ2n) is 8.01. The summed E-state index contributed by atoms with van der Waals surface area (Å²) < 4.78 is 2.29. The topological polar surface area (TPSA) is 57.5 Å². The Bertz CT molecular complexity index is 800. The first-order valence-electron chi connectivity index (χ1n) is 9.79. The van der Waals surface area contributed by atoms with Crippen molar-refractivity contribution in [2.45, 2.75) is 51.9 Å². The van der Waals surface area contributed by atoms with E-state index in [0.29, 0.717) is 11.8 Å². The zero-order valence-electron chi connectivity index (χ0n) is 15.7. The molecule has 5 heteroatoms. The first-order valence-corrected chi connectivity index (χ1v) is 9.79. The number of fused-ring (bicyclic) bond motifs is 2. The van der Waals surface area contributed by atoms with Gasteiger partial charge in [0.05, 0.1) is 12.1 Å². The number of aliphatic hydroxyl groups is 1. The number of benzene rings is 1. The molecule has 1 amide bonds. The van der Waals surface area contributed by atoms with Gasteiger partial charge in [0.2, 0.25) is 5.91 Å². The van der Waals surface area contributed by atoms with E-state index in [0.717, 1.165) is 39.0 Å². The third kappa shape index (κ3) is 3.26. The highest BCUT2D eigenvalue weighted by Crippen LogP contribution is 2.37. The molecule has 26 heavy (non-hydrogen) atoms. The maximum Gasteiger partial charge on any atom is 0.217 e. The van der Waals surface area contributed by atoms with Crippen molar-refractivity contribution in [1.82, 2.24) is 14.8 Å². The summed E-state index contributed by atoms with van der Waals surface area (Å²) in [5.41, 5.74) is 2.69. The number of carbonyl (C=O) groups excluding carboxylic acids is 1. The number of nitrogens with zero attached hydrogens (tertiary/aromatic N) is 2. The van der Waals surface area contributed by atoms with Gasteiger partial charge in [-0.05, 0) is 49.3 Å². The van der Waals surface area contributed by atoms with Gasteiger partial charge in [-0.3, -0.25) is 9.69 Å². The Morgan fingerprint density at radius 2 is 2.00 bits per heavy atom. The van der Waals surface area contributed by atoms with Gasteiger partial charge in [-0.1, -0.05) is 12.1 Å². The predicted octanol–water partition coefficient (Wildman–Crippen LogP) is 2.37. The Morgan fingerprint density at radius 1 is 1.23 bits per heavy atom. The zero-order valence-corrected chi connectivity index (χ0v) is 15.7. The van der Waals surface area contributed by atoms with Gasteiger partial charge in [0, 0.05) is 50.2 Å². The van der Waals surface area contributed by atoms with Crippen molar-refractivity contribution < 1.29 is 9.90 Å². The normalized spacial score (nSPS) is 29.0. The molecular weight excluding hydrogens is 326 g/mol. The van der Waals surface area contributed by atoms with Crippen molar-refractivity contribution in [3.8, 4) is 0 Å². The number of aryl methyl sites for hydroxylation is 1. The minimum Gasteiger partial charge on any atom is -0.391 e. The SMILES string of the molecule is CCn1ccc2c(CN3C[C@H]4C[C@@H](NC(C)=O)[C@H](O)C[C@H]4C3)cccc21. The summed E-state index contributed by atoms with van der Waals surface area (Å²) in [5.74, 6) is 1.05. The van der Waals surface area contributed by atoms with E-state index in [-0.39, 0.29) is 11.9 Å². The van der Waals surface area contributed by atoms with Crippen LogP contribution in [0.4, 0.5) is 0 Å². The molecule has 5 nitrogen and oxygen atoms in total. The second-order valence-corrected chi connectivity index (χ2v) is 8.01. The Balaban J connectivity index is 1.47. The fourth-order valence-electron chi connectivity index (χ4n) is 5.01. The minimum absolute atomic E-state index is 0.0468. The van der Waals surface area contributed by atoms with Gasteiger partial charge in [0.25, 0.3) is 0 Å². The van der Waals surface area contributed by atoms with E-state index in [4.69, 9.17) is 0 Å². The number of hydrogen-bond acceptors (Lipinski definition) is 3. The summed E-state index contributed by atoms with van der Waals surface area (Å²) in [6.45, 7) is 7.75. The number of rotatable bonds is 4. The third-order valence-electron chi connectivity index (χ3n) is 6.24. The van der Waals surface area contributed by atoms with E-state index in [1.165, 1.54) is 23.4 Å². The molecule has 1 aromatic heterocycles. The molecule has 0 spiro atoms. The Hall–Kier alpha value is -1.85. The molecule has 0 bridgehead atoms. The van der Waals surface area contributed by atoms with E-state index in [1.807, 2.05) is 0 Å². The van der Waals surface area contributed by atoms with Gasteiger partial charge in [-0.15, -0.1) is 0 Å². The maximum atomic E-state index is 11.4. The van der Waals surface area contributed by atoms with Crippen molar-refractivity contribution in [2.24, 2.45) is 11.8 Å². The largest absolute Gasteiger partial charge is 0.391 e. The lowest BCUT2D eigenvalue weighted by molar-refractivity contribution is -0.121. The first-order chi connectivity index (χ1) is 12.5. The molecule has 1 aliphatic carbocycles. The van der Waals surface area contributed by atoms with Crippen LogP contribution in [0.15, 0.2) is 30.5 Å². The monoisotopic (exact) mass is 355 g/mol. The molecule has 2 fully saturated rings. The van der Waals surface area contributed by atoms with Gasteiger partial charge in [-0.2, -0.15) is 0 Å². The number of hydrogen-bond donors (Lipinski definition) is 2. The van der Waals surface area contributed by atoms with Crippen molar-refractivity contribution >= 4 is 16.8 Å². The molecule has 2 heterocycles. The molecule has 2 N–H and O–H groups in total. The number of amides is 1. The maximum absolute atomic E-state index is 11.4. The van der Waals surface area contributed by atoms with Crippen LogP contribution >= 0.6 is 0 Å². The summed E-state index contributed by atoms with van der Waals surface area (Å²) in [5, 5.41) is 14.7. The fourth-order valence-corrected chi connectivity index (χ4v) is 5.01. The number of aliphatic hydroxyl groups excluding tert-OH is 1. The number of nitrogens with one attached hydrogen (secondary N) is 1. The van der Waals surface area contributed by atoms with Crippen LogP contribution in [-0.4, -0.2) is 45.7 Å². The molecule has 1 saturated carbocycles. The van der Waals surface area contributed by atoms with E-state index >= 15 is 0 Å². The zero-order chi connectivity index (χ0) is 18.3. The molecule has 140 valence electrons. The van der Waals surface area contributed by atoms with Crippen LogP contribution < -0.4 is 5.32 Å². The van der Waals surface area contributed by atoms with Crippen molar-refractivity contribution in [3.63, 3.8) is 0 Å². The molecule has 2 aromatic rings. The van der Waals surface area contributed by atoms with Crippen LogP contribution in [0.1, 0.15) is 32.3 Å². The van der Waals surface area contributed by atoms with Crippen LogP contribution in [0.5, 0.6) is 0 Å². The standard InChI is InChI=1S/C21H29N3O2/c1-3-24-8-7-18-15(5-4-6-20(18)24)11-23-12-16-9-19(22-14(2)25)21(26)10-17(16)13-23/h4-8,16-17,19,21,26H,3,9-13H2,1-2H3,(H,22,25)/t16-,17+,19-,21-/m1/s1. The number of aromatic nitrogens is 1. The van der Waals surface area contributed by atoms with Gasteiger partial charge >= 0.3 is 0 Å².